The maximum absolute atomic E-state index is 13.5. The first-order valence-electron chi connectivity index (χ1n) is 5.89. The third-order valence-corrected chi connectivity index (χ3v) is 2.49. The van der Waals surface area contributed by atoms with Crippen LogP contribution in [0.5, 0.6) is 0 Å². The van der Waals surface area contributed by atoms with Crippen molar-refractivity contribution in [3.63, 3.8) is 0 Å². The fraction of sp³-hybridized carbons (Fsp3) is 0.143. The van der Waals surface area contributed by atoms with Crippen molar-refractivity contribution in [2.75, 3.05) is 0 Å². The minimum Gasteiger partial charge on any atom is -0.402 e. The van der Waals surface area contributed by atoms with E-state index >= 15 is 0 Å². The van der Waals surface area contributed by atoms with Gasteiger partial charge >= 0.3 is 0 Å². The molecule has 0 spiro atoms. The van der Waals surface area contributed by atoms with Crippen LogP contribution >= 0.6 is 0 Å². The van der Waals surface area contributed by atoms with Crippen LogP contribution in [0.4, 0.5) is 8.78 Å². The first-order chi connectivity index (χ1) is 9.56. The average molecular weight is 277 g/mol. The highest BCUT2D eigenvalue weighted by Gasteiger charge is 2.07. The normalized spacial score (nSPS) is 12.8. The van der Waals surface area contributed by atoms with Gasteiger partial charge in [0, 0.05) is 17.3 Å². The number of nitrogens with two attached hydrogens (primary N) is 1. The molecule has 6 heteroatoms. The Kier molecular flexibility index (Phi) is 4.24. The van der Waals surface area contributed by atoms with Gasteiger partial charge in [-0.15, -0.1) is 0 Å². The van der Waals surface area contributed by atoms with Crippen LogP contribution in [0.25, 0.3) is 0 Å². The van der Waals surface area contributed by atoms with E-state index in [9.17, 15) is 8.78 Å². The Labute approximate surface area is 114 Å². The molecule has 20 heavy (non-hydrogen) atoms. The Morgan fingerprint density at radius 1 is 1.40 bits per heavy atom. The summed E-state index contributed by atoms with van der Waals surface area (Å²) in [5.41, 5.74) is 7.22. The molecule has 0 unspecified atom stereocenters. The number of benzene rings is 1. The lowest BCUT2D eigenvalue weighted by molar-refractivity contribution is 0.418. The molecule has 1 aromatic heterocycles. The van der Waals surface area contributed by atoms with Crippen LogP contribution in [0.2, 0.25) is 0 Å². The van der Waals surface area contributed by atoms with Gasteiger partial charge in [0.1, 0.15) is 23.6 Å². The number of aliphatic imine (C=N–C) groups is 1. The summed E-state index contributed by atoms with van der Waals surface area (Å²) in [6.07, 6.45) is 2.99. The van der Waals surface area contributed by atoms with E-state index in [0.717, 1.165) is 18.2 Å². The number of allylic oxidation sites excluding steroid dienone is 2. The predicted octanol–water partition coefficient (Wildman–Crippen LogP) is 2.80. The standard InChI is InChI=1S/C14H13F2N3O/c1-9(17)6-14(13-4-5-20-19-13)18-8-10-7-11(15)2-3-12(10)16/h2-7H,8,17H2,1H3/b9-6-,18-14?. The molecule has 0 saturated carbocycles. The molecule has 2 rings (SSSR count). The molecule has 0 fully saturated rings. The fourth-order valence-electron chi connectivity index (χ4n) is 1.60. The summed E-state index contributed by atoms with van der Waals surface area (Å²) in [4.78, 5) is 4.21. The van der Waals surface area contributed by atoms with Crippen molar-refractivity contribution >= 4 is 5.71 Å². The van der Waals surface area contributed by atoms with Crippen LogP contribution < -0.4 is 5.73 Å². The van der Waals surface area contributed by atoms with E-state index in [-0.39, 0.29) is 12.1 Å². The lowest BCUT2D eigenvalue weighted by Crippen LogP contribution is -2.03. The first kappa shape index (κ1) is 13.9. The first-order valence-corrected chi connectivity index (χ1v) is 5.89. The van der Waals surface area contributed by atoms with Gasteiger partial charge in [0.25, 0.3) is 0 Å². The summed E-state index contributed by atoms with van der Waals surface area (Å²) in [6, 6.07) is 4.85. The van der Waals surface area contributed by atoms with E-state index in [1.165, 1.54) is 6.26 Å². The lowest BCUT2D eigenvalue weighted by Gasteiger charge is -2.02. The van der Waals surface area contributed by atoms with Crippen molar-refractivity contribution in [2.24, 2.45) is 10.7 Å². The van der Waals surface area contributed by atoms with Crippen molar-refractivity contribution in [1.82, 2.24) is 5.16 Å². The Hall–Kier alpha value is -2.50. The predicted molar refractivity (Wildman–Crippen MR) is 71.0 cm³/mol. The zero-order valence-electron chi connectivity index (χ0n) is 10.8. The molecule has 104 valence electrons. The molecule has 0 saturated heterocycles. The largest absolute Gasteiger partial charge is 0.402 e. The Bertz CT molecular complexity index is 644. The number of nitrogens with zero attached hydrogens (tertiary/aromatic N) is 2. The van der Waals surface area contributed by atoms with E-state index in [2.05, 4.69) is 10.1 Å². The third-order valence-electron chi connectivity index (χ3n) is 2.49. The molecule has 2 N–H and O–H groups in total. The van der Waals surface area contributed by atoms with Gasteiger partial charge < -0.3 is 10.3 Å². The van der Waals surface area contributed by atoms with Crippen LogP contribution in [0, 0.1) is 11.6 Å². The summed E-state index contributed by atoms with van der Waals surface area (Å²) in [7, 11) is 0. The monoisotopic (exact) mass is 277 g/mol. The van der Waals surface area contributed by atoms with Gasteiger partial charge in [0.15, 0.2) is 0 Å². The molecular weight excluding hydrogens is 264 g/mol. The maximum atomic E-state index is 13.5. The van der Waals surface area contributed by atoms with Crippen LogP contribution in [-0.2, 0) is 6.54 Å². The van der Waals surface area contributed by atoms with E-state index in [4.69, 9.17) is 10.3 Å². The molecule has 4 nitrogen and oxygen atoms in total. The molecule has 2 aromatic rings. The average Bonchev–Trinajstić information content (AvgIpc) is 2.91. The molecule has 1 heterocycles. The smallest absolute Gasteiger partial charge is 0.131 e. The van der Waals surface area contributed by atoms with Crippen molar-refractivity contribution in [2.45, 2.75) is 13.5 Å². The zero-order chi connectivity index (χ0) is 14.5. The van der Waals surface area contributed by atoms with Crippen LogP contribution in [-0.4, -0.2) is 10.9 Å². The molecule has 0 bridgehead atoms. The van der Waals surface area contributed by atoms with E-state index in [0.29, 0.717) is 17.1 Å². The second-order valence-electron chi connectivity index (χ2n) is 4.21. The number of rotatable bonds is 4. The quantitative estimate of drug-likeness (QED) is 0.874. The van der Waals surface area contributed by atoms with Crippen LogP contribution in [0.1, 0.15) is 18.2 Å². The molecular formula is C14H13F2N3O. The van der Waals surface area contributed by atoms with Crippen molar-refractivity contribution in [1.29, 1.82) is 0 Å². The summed E-state index contributed by atoms with van der Waals surface area (Å²) >= 11 is 0. The minimum atomic E-state index is -0.511. The maximum Gasteiger partial charge on any atom is 0.131 e. The highest BCUT2D eigenvalue weighted by molar-refractivity contribution is 6.07. The van der Waals surface area contributed by atoms with Crippen molar-refractivity contribution in [3.8, 4) is 0 Å². The van der Waals surface area contributed by atoms with E-state index in [1.807, 2.05) is 0 Å². The molecule has 0 aliphatic rings. The number of hydrogen-bond donors (Lipinski definition) is 1. The van der Waals surface area contributed by atoms with E-state index < -0.39 is 11.6 Å². The highest BCUT2D eigenvalue weighted by atomic mass is 19.1. The van der Waals surface area contributed by atoms with Crippen LogP contribution in [0.3, 0.4) is 0 Å². The van der Waals surface area contributed by atoms with Crippen LogP contribution in [0.15, 0.2) is 51.8 Å². The summed E-state index contributed by atoms with van der Waals surface area (Å²) in [5, 5.41) is 3.75. The highest BCUT2D eigenvalue weighted by Crippen LogP contribution is 2.12. The molecule has 0 aliphatic heterocycles. The number of hydrogen-bond acceptors (Lipinski definition) is 4. The Balaban J connectivity index is 2.30. The summed E-state index contributed by atoms with van der Waals surface area (Å²) in [6.45, 7) is 1.67. The topological polar surface area (TPSA) is 64.4 Å². The summed E-state index contributed by atoms with van der Waals surface area (Å²) in [5.74, 6) is -1.02. The number of aromatic nitrogens is 1. The van der Waals surface area contributed by atoms with Crippen molar-refractivity contribution in [3.05, 3.63) is 65.2 Å². The van der Waals surface area contributed by atoms with Gasteiger partial charge in [0.2, 0.25) is 0 Å². The second kappa shape index (κ2) is 6.10. The number of halogens is 2. The minimum absolute atomic E-state index is 0.0183. The van der Waals surface area contributed by atoms with Gasteiger partial charge in [-0.3, -0.25) is 4.99 Å². The molecule has 0 radical (unpaired) electrons. The summed E-state index contributed by atoms with van der Waals surface area (Å²) < 4.78 is 31.3. The zero-order valence-corrected chi connectivity index (χ0v) is 10.8. The molecule has 0 amide bonds. The van der Waals surface area contributed by atoms with Gasteiger partial charge in [0.05, 0.1) is 12.3 Å². The van der Waals surface area contributed by atoms with Gasteiger partial charge in [-0.1, -0.05) is 5.16 Å². The van der Waals surface area contributed by atoms with Gasteiger partial charge in [-0.05, 0) is 31.2 Å². The SMILES string of the molecule is C/C(N)=C/C(=NCc1cc(F)ccc1F)c1ccon1. The Morgan fingerprint density at radius 2 is 2.20 bits per heavy atom. The molecule has 0 atom stereocenters. The lowest BCUT2D eigenvalue weighted by atomic mass is 10.2. The van der Waals surface area contributed by atoms with Crippen molar-refractivity contribution < 1.29 is 13.3 Å². The molecule has 1 aromatic carbocycles. The second-order valence-corrected chi connectivity index (χ2v) is 4.21. The Morgan fingerprint density at radius 3 is 2.85 bits per heavy atom. The fourth-order valence-corrected chi connectivity index (χ4v) is 1.60. The molecule has 0 aliphatic carbocycles. The van der Waals surface area contributed by atoms with Gasteiger partial charge in [-0.25, -0.2) is 8.78 Å². The van der Waals surface area contributed by atoms with E-state index in [1.54, 1.807) is 19.1 Å². The third kappa shape index (κ3) is 3.50. The van der Waals surface area contributed by atoms with Gasteiger partial charge in [-0.2, -0.15) is 0 Å².